The maximum Gasteiger partial charge on any atom is 0.0912 e. The Hall–Kier alpha value is -0.520. The van der Waals surface area contributed by atoms with Crippen molar-refractivity contribution in [2.45, 2.75) is 51.7 Å². The van der Waals surface area contributed by atoms with Gasteiger partial charge in [-0.1, -0.05) is 6.92 Å². The fourth-order valence-electron chi connectivity index (χ4n) is 1.59. The van der Waals surface area contributed by atoms with Gasteiger partial charge in [0.25, 0.3) is 0 Å². The molecule has 1 atom stereocenters. The number of nitrogens with one attached hydrogen (secondary N) is 1. The van der Waals surface area contributed by atoms with Gasteiger partial charge in [-0.05, 0) is 39.7 Å². The summed E-state index contributed by atoms with van der Waals surface area (Å²) in [5, 5.41) is 3.52. The molecule has 1 N–H and O–H groups in total. The molecule has 0 radical (unpaired) electrons. The third-order valence-electron chi connectivity index (χ3n) is 2.96. The van der Waals surface area contributed by atoms with E-state index < -0.39 is 0 Å². The molecule has 1 rings (SSSR count). The number of ether oxygens (including phenoxy) is 1. The van der Waals surface area contributed by atoms with Crippen LogP contribution in [0.2, 0.25) is 0 Å². The molecule has 0 bridgehead atoms. The molecular formula is C12H23N3OS. The zero-order chi connectivity index (χ0) is 12.7. The lowest BCUT2D eigenvalue weighted by molar-refractivity contribution is 0.0116. The standard InChI is InChI=1S/C12H23N3OS/c1-5-8-13-10(11-9-14-17-15-11)6-7-12(2,3)16-4/h9-10,13H,5-8H2,1-4H3. The molecule has 1 aromatic rings. The van der Waals surface area contributed by atoms with Gasteiger partial charge in [0, 0.05) is 7.11 Å². The molecule has 0 aliphatic rings. The highest BCUT2D eigenvalue weighted by Gasteiger charge is 2.21. The Balaban J connectivity index is 2.53. The first kappa shape index (κ1) is 14.5. The van der Waals surface area contributed by atoms with Crippen LogP contribution in [0.15, 0.2) is 6.20 Å². The molecule has 0 aromatic carbocycles. The van der Waals surface area contributed by atoms with Crippen molar-refractivity contribution in [1.82, 2.24) is 14.1 Å². The fourth-order valence-corrected chi connectivity index (χ4v) is 2.06. The predicted octanol–water partition coefficient (Wildman–Crippen LogP) is 2.78. The van der Waals surface area contributed by atoms with E-state index in [4.69, 9.17) is 4.74 Å². The van der Waals surface area contributed by atoms with Crippen LogP contribution in [0.3, 0.4) is 0 Å². The minimum atomic E-state index is -0.0738. The largest absolute Gasteiger partial charge is 0.379 e. The molecule has 0 saturated heterocycles. The molecule has 0 amide bonds. The molecule has 1 aromatic heterocycles. The van der Waals surface area contributed by atoms with Gasteiger partial charge >= 0.3 is 0 Å². The van der Waals surface area contributed by atoms with E-state index in [0.717, 1.165) is 31.5 Å². The Bertz CT molecular complexity index is 301. The van der Waals surface area contributed by atoms with Gasteiger partial charge in [-0.25, -0.2) is 0 Å². The topological polar surface area (TPSA) is 47.0 Å². The Morgan fingerprint density at radius 1 is 1.53 bits per heavy atom. The van der Waals surface area contributed by atoms with Crippen molar-refractivity contribution in [2.75, 3.05) is 13.7 Å². The highest BCUT2D eigenvalue weighted by molar-refractivity contribution is 6.99. The summed E-state index contributed by atoms with van der Waals surface area (Å²) in [7, 11) is 1.76. The van der Waals surface area contributed by atoms with E-state index in [1.54, 1.807) is 7.11 Å². The molecule has 0 aliphatic heterocycles. The van der Waals surface area contributed by atoms with Crippen LogP contribution < -0.4 is 5.32 Å². The van der Waals surface area contributed by atoms with Gasteiger partial charge < -0.3 is 10.1 Å². The van der Waals surface area contributed by atoms with Crippen molar-refractivity contribution in [3.63, 3.8) is 0 Å². The molecule has 5 heteroatoms. The maximum atomic E-state index is 5.45. The smallest absolute Gasteiger partial charge is 0.0912 e. The van der Waals surface area contributed by atoms with Crippen LogP contribution in [-0.4, -0.2) is 28.0 Å². The maximum absolute atomic E-state index is 5.45. The van der Waals surface area contributed by atoms with Gasteiger partial charge in [0.2, 0.25) is 0 Å². The number of hydrogen-bond acceptors (Lipinski definition) is 5. The van der Waals surface area contributed by atoms with Crippen LogP contribution in [0.5, 0.6) is 0 Å². The lowest BCUT2D eigenvalue weighted by Crippen LogP contribution is -2.28. The number of nitrogens with zero attached hydrogens (tertiary/aromatic N) is 2. The second kappa shape index (κ2) is 7.03. The molecule has 1 heterocycles. The summed E-state index contributed by atoms with van der Waals surface area (Å²) in [5.74, 6) is 0. The van der Waals surface area contributed by atoms with Crippen molar-refractivity contribution in [3.05, 3.63) is 11.9 Å². The van der Waals surface area contributed by atoms with Crippen molar-refractivity contribution in [1.29, 1.82) is 0 Å². The van der Waals surface area contributed by atoms with Gasteiger partial charge in [0.05, 0.1) is 35.3 Å². The van der Waals surface area contributed by atoms with Crippen LogP contribution >= 0.6 is 11.7 Å². The summed E-state index contributed by atoms with van der Waals surface area (Å²) < 4.78 is 13.8. The van der Waals surface area contributed by atoms with Crippen molar-refractivity contribution < 1.29 is 4.74 Å². The van der Waals surface area contributed by atoms with E-state index in [9.17, 15) is 0 Å². The SMILES string of the molecule is CCCNC(CCC(C)(C)OC)c1cnsn1. The monoisotopic (exact) mass is 257 g/mol. The van der Waals surface area contributed by atoms with Crippen LogP contribution in [0.1, 0.15) is 51.8 Å². The van der Waals surface area contributed by atoms with Gasteiger partial charge in [0.1, 0.15) is 0 Å². The van der Waals surface area contributed by atoms with E-state index in [1.807, 2.05) is 6.20 Å². The molecule has 0 saturated carbocycles. The average Bonchev–Trinajstić information content (AvgIpc) is 2.83. The highest BCUT2D eigenvalue weighted by Crippen LogP contribution is 2.23. The molecule has 98 valence electrons. The summed E-state index contributed by atoms with van der Waals surface area (Å²) in [6.07, 6.45) is 5.01. The average molecular weight is 257 g/mol. The highest BCUT2D eigenvalue weighted by atomic mass is 32.1. The Morgan fingerprint density at radius 2 is 2.29 bits per heavy atom. The summed E-state index contributed by atoms with van der Waals surface area (Å²) in [5.41, 5.74) is 0.977. The summed E-state index contributed by atoms with van der Waals surface area (Å²) in [6.45, 7) is 7.41. The Morgan fingerprint density at radius 3 is 2.82 bits per heavy atom. The Kier molecular flexibility index (Phi) is 6.02. The molecule has 1 unspecified atom stereocenters. The molecule has 17 heavy (non-hydrogen) atoms. The Labute approximate surface area is 108 Å². The van der Waals surface area contributed by atoms with E-state index >= 15 is 0 Å². The zero-order valence-electron chi connectivity index (χ0n) is 11.2. The first-order chi connectivity index (χ1) is 8.09. The lowest BCUT2D eigenvalue weighted by atomic mass is 9.97. The molecule has 0 aliphatic carbocycles. The van der Waals surface area contributed by atoms with Crippen molar-refractivity contribution in [2.24, 2.45) is 0 Å². The third-order valence-corrected chi connectivity index (χ3v) is 3.46. The van der Waals surface area contributed by atoms with Crippen molar-refractivity contribution >= 4 is 11.7 Å². The van der Waals surface area contributed by atoms with E-state index in [1.165, 1.54) is 11.7 Å². The second-order valence-corrected chi connectivity index (χ2v) is 5.40. The van der Waals surface area contributed by atoms with Gasteiger partial charge in [-0.2, -0.15) is 8.75 Å². The van der Waals surface area contributed by atoms with Gasteiger partial charge in [-0.15, -0.1) is 0 Å². The summed E-state index contributed by atoms with van der Waals surface area (Å²) in [4.78, 5) is 0. The van der Waals surface area contributed by atoms with E-state index in [-0.39, 0.29) is 5.60 Å². The minimum absolute atomic E-state index is 0.0738. The number of rotatable bonds is 8. The molecule has 0 spiro atoms. The third kappa shape index (κ3) is 5.10. The first-order valence-corrected chi connectivity index (χ1v) is 6.88. The summed E-state index contributed by atoms with van der Waals surface area (Å²) in [6, 6.07) is 0.295. The molecule has 0 fully saturated rings. The number of aromatic nitrogens is 2. The van der Waals surface area contributed by atoms with E-state index in [2.05, 4.69) is 34.8 Å². The lowest BCUT2D eigenvalue weighted by Gasteiger charge is -2.25. The minimum Gasteiger partial charge on any atom is -0.379 e. The van der Waals surface area contributed by atoms with Crippen LogP contribution in [0.4, 0.5) is 0 Å². The van der Waals surface area contributed by atoms with Crippen LogP contribution in [0.25, 0.3) is 0 Å². The fraction of sp³-hybridized carbons (Fsp3) is 0.833. The summed E-state index contributed by atoms with van der Waals surface area (Å²) >= 11 is 1.27. The molecular weight excluding hydrogens is 234 g/mol. The zero-order valence-corrected chi connectivity index (χ0v) is 12.0. The van der Waals surface area contributed by atoms with Crippen LogP contribution in [0, 0.1) is 0 Å². The van der Waals surface area contributed by atoms with Crippen molar-refractivity contribution in [3.8, 4) is 0 Å². The number of methoxy groups -OCH3 is 1. The van der Waals surface area contributed by atoms with Gasteiger partial charge in [0.15, 0.2) is 0 Å². The predicted molar refractivity (Wildman–Crippen MR) is 71.3 cm³/mol. The quantitative estimate of drug-likeness (QED) is 0.778. The number of hydrogen-bond donors (Lipinski definition) is 1. The first-order valence-electron chi connectivity index (χ1n) is 6.15. The van der Waals surface area contributed by atoms with Crippen LogP contribution in [-0.2, 0) is 4.74 Å². The normalized spacial score (nSPS) is 13.9. The second-order valence-electron chi connectivity index (χ2n) is 4.84. The van der Waals surface area contributed by atoms with E-state index in [0.29, 0.717) is 6.04 Å². The molecule has 4 nitrogen and oxygen atoms in total. The van der Waals surface area contributed by atoms with Gasteiger partial charge in [-0.3, -0.25) is 0 Å².